The zero-order valence-corrected chi connectivity index (χ0v) is 9.56. The average molecular weight is 211 g/mol. The second kappa shape index (κ2) is 6.74. The smallest absolute Gasteiger partial charge is 0.123 e. The normalized spacial score (nSPS) is 10.1. The third-order valence-corrected chi connectivity index (χ3v) is 2.46. The van der Waals surface area contributed by atoms with Crippen LogP contribution in [0.3, 0.4) is 0 Å². The summed E-state index contributed by atoms with van der Waals surface area (Å²) in [6.07, 6.45) is 2.09. The third kappa shape index (κ3) is 3.60. The number of nitrogens with one attached hydrogen (secondary N) is 1. The number of ether oxygens (including phenoxy) is 1. The van der Waals surface area contributed by atoms with Crippen molar-refractivity contribution in [2.75, 3.05) is 25.7 Å². The summed E-state index contributed by atoms with van der Waals surface area (Å²) < 4.78 is 5.67. The predicted molar refractivity (Wildman–Crippen MR) is 63.1 cm³/mol. The lowest BCUT2D eigenvalue weighted by atomic mass is 10.2. The monoisotopic (exact) mass is 211 g/mol. The van der Waals surface area contributed by atoms with Crippen LogP contribution in [0.1, 0.15) is 5.56 Å². The quantitative estimate of drug-likeness (QED) is 0.729. The Morgan fingerprint density at radius 1 is 1.36 bits per heavy atom. The minimum Gasteiger partial charge on any atom is -0.492 e. The van der Waals surface area contributed by atoms with Crippen LogP contribution in [0.2, 0.25) is 0 Å². The van der Waals surface area contributed by atoms with E-state index in [4.69, 9.17) is 4.74 Å². The van der Waals surface area contributed by atoms with Gasteiger partial charge in [0.2, 0.25) is 0 Å². The molecule has 0 saturated carbocycles. The van der Waals surface area contributed by atoms with E-state index >= 15 is 0 Å². The van der Waals surface area contributed by atoms with Gasteiger partial charge in [-0.05, 0) is 19.4 Å². The highest BCUT2D eigenvalue weighted by Gasteiger charge is 2.00. The summed E-state index contributed by atoms with van der Waals surface area (Å²) in [5, 5.41) is 3.13. The van der Waals surface area contributed by atoms with E-state index < -0.39 is 0 Å². The molecule has 0 fully saturated rings. The summed E-state index contributed by atoms with van der Waals surface area (Å²) in [6.45, 7) is 1.64. The van der Waals surface area contributed by atoms with Crippen LogP contribution in [0.15, 0.2) is 24.3 Å². The van der Waals surface area contributed by atoms with E-state index in [0.29, 0.717) is 0 Å². The van der Waals surface area contributed by atoms with Gasteiger partial charge < -0.3 is 10.1 Å². The number of hydrogen-bond donors (Lipinski definition) is 1. The molecule has 0 amide bonds. The van der Waals surface area contributed by atoms with Gasteiger partial charge in [-0.1, -0.05) is 18.2 Å². The summed E-state index contributed by atoms with van der Waals surface area (Å²) >= 11 is 1.80. The molecule has 0 aliphatic rings. The maximum atomic E-state index is 5.67. The fourth-order valence-electron chi connectivity index (χ4n) is 1.22. The lowest BCUT2D eigenvalue weighted by Crippen LogP contribution is -2.08. The first kappa shape index (κ1) is 11.4. The van der Waals surface area contributed by atoms with E-state index in [1.54, 1.807) is 11.8 Å². The van der Waals surface area contributed by atoms with Crippen molar-refractivity contribution in [2.45, 2.75) is 6.54 Å². The largest absolute Gasteiger partial charge is 0.492 e. The Hall–Kier alpha value is -0.670. The van der Waals surface area contributed by atoms with Crippen molar-refractivity contribution < 1.29 is 4.74 Å². The molecule has 0 atom stereocenters. The summed E-state index contributed by atoms with van der Waals surface area (Å²) in [4.78, 5) is 0. The number of para-hydroxylation sites is 1. The van der Waals surface area contributed by atoms with Gasteiger partial charge in [-0.15, -0.1) is 0 Å². The van der Waals surface area contributed by atoms with Gasteiger partial charge in [0.15, 0.2) is 0 Å². The minimum absolute atomic E-state index is 0.780. The SMILES string of the molecule is CNCc1ccccc1OCCSC. The van der Waals surface area contributed by atoms with E-state index in [1.165, 1.54) is 5.56 Å². The van der Waals surface area contributed by atoms with Crippen LogP contribution >= 0.6 is 11.8 Å². The van der Waals surface area contributed by atoms with Gasteiger partial charge in [-0.3, -0.25) is 0 Å². The maximum Gasteiger partial charge on any atom is 0.123 e. The number of thioether (sulfide) groups is 1. The minimum atomic E-state index is 0.780. The van der Waals surface area contributed by atoms with Crippen LogP contribution in [0.5, 0.6) is 5.75 Å². The van der Waals surface area contributed by atoms with Crippen molar-refractivity contribution in [3.63, 3.8) is 0 Å². The number of rotatable bonds is 6. The second-order valence-corrected chi connectivity index (χ2v) is 3.96. The molecule has 0 aliphatic heterocycles. The van der Waals surface area contributed by atoms with Crippen LogP contribution in [0.4, 0.5) is 0 Å². The summed E-state index contributed by atoms with van der Waals surface area (Å²) in [5.74, 6) is 2.03. The average Bonchev–Trinajstić information content (AvgIpc) is 2.21. The van der Waals surface area contributed by atoms with Crippen LogP contribution in [-0.4, -0.2) is 25.7 Å². The summed E-state index contributed by atoms with van der Waals surface area (Å²) in [5.41, 5.74) is 1.22. The molecule has 1 rings (SSSR count). The molecule has 1 aromatic carbocycles. The molecule has 1 aromatic rings. The fraction of sp³-hybridized carbons (Fsp3) is 0.455. The number of hydrogen-bond acceptors (Lipinski definition) is 3. The van der Waals surface area contributed by atoms with E-state index in [-0.39, 0.29) is 0 Å². The van der Waals surface area contributed by atoms with Gasteiger partial charge >= 0.3 is 0 Å². The Morgan fingerprint density at radius 3 is 2.86 bits per heavy atom. The van der Waals surface area contributed by atoms with Gasteiger partial charge in [0.05, 0.1) is 6.61 Å². The lowest BCUT2D eigenvalue weighted by molar-refractivity contribution is 0.339. The van der Waals surface area contributed by atoms with Gasteiger partial charge in [0.1, 0.15) is 5.75 Å². The van der Waals surface area contributed by atoms with Crippen molar-refractivity contribution in [3.05, 3.63) is 29.8 Å². The van der Waals surface area contributed by atoms with Crippen molar-refractivity contribution in [2.24, 2.45) is 0 Å². The molecule has 0 bridgehead atoms. The first-order chi connectivity index (χ1) is 6.88. The first-order valence-corrected chi connectivity index (χ1v) is 6.12. The lowest BCUT2D eigenvalue weighted by Gasteiger charge is -2.10. The molecular weight excluding hydrogens is 194 g/mol. The molecule has 0 aliphatic carbocycles. The fourth-order valence-corrected chi connectivity index (χ4v) is 1.47. The van der Waals surface area contributed by atoms with E-state index in [2.05, 4.69) is 17.6 Å². The predicted octanol–water partition coefficient (Wildman–Crippen LogP) is 2.15. The van der Waals surface area contributed by atoms with Crippen molar-refractivity contribution in [1.29, 1.82) is 0 Å². The van der Waals surface area contributed by atoms with E-state index in [9.17, 15) is 0 Å². The molecule has 0 heterocycles. The molecule has 0 saturated heterocycles. The molecule has 3 heteroatoms. The Kier molecular flexibility index (Phi) is 5.49. The standard InChI is InChI=1S/C11H17NOS/c1-12-9-10-5-3-4-6-11(10)13-7-8-14-2/h3-6,12H,7-9H2,1-2H3. The Morgan fingerprint density at radius 2 is 2.14 bits per heavy atom. The highest BCUT2D eigenvalue weighted by Crippen LogP contribution is 2.17. The topological polar surface area (TPSA) is 21.3 Å². The zero-order valence-electron chi connectivity index (χ0n) is 8.75. The molecule has 2 nitrogen and oxygen atoms in total. The highest BCUT2D eigenvalue weighted by molar-refractivity contribution is 7.98. The molecule has 0 unspecified atom stereocenters. The van der Waals surface area contributed by atoms with Crippen LogP contribution in [-0.2, 0) is 6.54 Å². The molecule has 14 heavy (non-hydrogen) atoms. The molecular formula is C11H17NOS. The second-order valence-electron chi connectivity index (χ2n) is 2.98. The van der Waals surface area contributed by atoms with Crippen LogP contribution in [0, 0.1) is 0 Å². The van der Waals surface area contributed by atoms with Crippen molar-refractivity contribution >= 4 is 11.8 Å². The van der Waals surface area contributed by atoms with Gasteiger partial charge in [0, 0.05) is 17.9 Å². The molecule has 0 spiro atoms. The van der Waals surface area contributed by atoms with Gasteiger partial charge in [-0.2, -0.15) is 11.8 Å². The van der Waals surface area contributed by atoms with E-state index in [0.717, 1.165) is 24.7 Å². The molecule has 1 N–H and O–H groups in total. The Labute approximate surface area is 90.0 Å². The van der Waals surface area contributed by atoms with Gasteiger partial charge in [0.25, 0.3) is 0 Å². The zero-order chi connectivity index (χ0) is 10.2. The molecule has 0 radical (unpaired) electrons. The van der Waals surface area contributed by atoms with Gasteiger partial charge in [-0.25, -0.2) is 0 Å². The first-order valence-electron chi connectivity index (χ1n) is 4.72. The Bertz CT molecular complexity index is 265. The molecule has 0 aromatic heterocycles. The van der Waals surface area contributed by atoms with E-state index in [1.807, 2.05) is 25.2 Å². The van der Waals surface area contributed by atoms with Crippen molar-refractivity contribution in [3.8, 4) is 5.75 Å². The maximum absolute atomic E-state index is 5.67. The molecule has 78 valence electrons. The number of benzene rings is 1. The van der Waals surface area contributed by atoms with Crippen LogP contribution < -0.4 is 10.1 Å². The highest BCUT2D eigenvalue weighted by atomic mass is 32.2. The third-order valence-electron chi connectivity index (χ3n) is 1.88. The summed E-state index contributed by atoms with van der Waals surface area (Å²) in [6, 6.07) is 8.15. The van der Waals surface area contributed by atoms with Crippen LogP contribution in [0.25, 0.3) is 0 Å². The summed E-state index contributed by atoms with van der Waals surface area (Å²) in [7, 11) is 1.94. The Balaban J connectivity index is 2.55. The van der Waals surface area contributed by atoms with Crippen molar-refractivity contribution in [1.82, 2.24) is 5.32 Å².